The van der Waals surface area contributed by atoms with Crippen LogP contribution in [0.25, 0.3) is 0 Å². The van der Waals surface area contributed by atoms with E-state index >= 15 is 0 Å². The number of anilines is 2. The van der Waals surface area contributed by atoms with E-state index in [-0.39, 0.29) is 17.9 Å². The van der Waals surface area contributed by atoms with Gasteiger partial charge >= 0.3 is 5.97 Å². The summed E-state index contributed by atoms with van der Waals surface area (Å²) in [7, 11) is 1.43. The van der Waals surface area contributed by atoms with Crippen molar-refractivity contribution >= 4 is 17.5 Å². The van der Waals surface area contributed by atoms with Crippen molar-refractivity contribution in [2.45, 2.75) is 26.8 Å². The van der Waals surface area contributed by atoms with E-state index in [1.807, 2.05) is 19.2 Å². The molecule has 0 bridgehead atoms. The van der Waals surface area contributed by atoms with Crippen LogP contribution in [0, 0.1) is 5.92 Å². The van der Waals surface area contributed by atoms with Gasteiger partial charge in [-0.2, -0.15) is 0 Å². The molecule has 1 atom stereocenters. The summed E-state index contributed by atoms with van der Waals surface area (Å²) in [6, 6.07) is 4.39. The molecule has 0 N–H and O–H groups in total. The van der Waals surface area contributed by atoms with Gasteiger partial charge in [0.05, 0.1) is 38.1 Å². The molecule has 0 amide bonds. The molecule has 0 saturated carbocycles. The molecule has 1 aromatic rings. The maximum Gasteiger partial charge on any atom is 0.310 e. The van der Waals surface area contributed by atoms with Gasteiger partial charge in [-0.25, -0.2) is 4.98 Å². The van der Waals surface area contributed by atoms with Gasteiger partial charge in [0.1, 0.15) is 5.82 Å². The van der Waals surface area contributed by atoms with E-state index in [1.165, 1.54) is 7.11 Å². The second-order valence-electron chi connectivity index (χ2n) is 6.14. The maximum atomic E-state index is 11.7. The number of hydrogen-bond acceptors (Lipinski definition) is 6. The van der Waals surface area contributed by atoms with Gasteiger partial charge in [0.25, 0.3) is 0 Å². The molecule has 23 heavy (non-hydrogen) atoms. The van der Waals surface area contributed by atoms with Gasteiger partial charge in [-0.3, -0.25) is 4.79 Å². The average molecular weight is 321 g/mol. The molecule has 2 heterocycles. The Morgan fingerprint density at radius 2 is 2.04 bits per heavy atom. The number of carbonyl (C=O) groups is 1. The smallest absolute Gasteiger partial charge is 0.310 e. The lowest BCUT2D eigenvalue weighted by molar-refractivity contribution is -0.144. The number of ether oxygens (including phenoxy) is 2. The lowest BCUT2D eigenvalue weighted by Crippen LogP contribution is -2.38. The molecule has 1 aliphatic rings. The zero-order chi connectivity index (χ0) is 16.8. The van der Waals surface area contributed by atoms with Crippen molar-refractivity contribution in [1.29, 1.82) is 0 Å². The van der Waals surface area contributed by atoms with Crippen molar-refractivity contribution in [3.8, 4) is 0 Å². The van der Waals surface area contributed by atoms with Gasteiger partial charge in [0, 0.05) is 25.7 Å². The van der Waals surface area contributed by atoms with Gasteiger partial charge in [0.2, 0.25) is 0 Å². The largest absolute Gasteiger partial charge is 0.469 e. The highest BCUT2D eigenvalue weighted by atomic mass is 16.5. The van der Waals surface area contributed by atoms with Crippen molar-refractivity contribution in [3.05, 3.63) is 18.3 Å². The molecule has 6 heteroatoms. The van der Waals surface area contributed by atoms with Crippen molar-refractivity contribution in [3.63, 3.8) is 0 Å². The highest BCUT2D eigenvalue weighted by Crippen LogP contribution is 2.21. The summed E-state index contributed by atoms with van der Waals surface area (Å²) in [5.74, 6) is 0.608. The molecular formula is C17H27N3O3. The van der Waals surface area contributed by atoms with Crippen molar-refractivity contribution < 1.29 is 14.3 Å². The van der Waals surface area contributed by atoms with E-state index < -0.39 is 0 Å². The van der Waals surface area contributed by atoms with Gasteiger partial charge in [-0.15, -0.1) is 0 Å². The molecule has 0 aromatic carbocycles. The number of pyridine rings is 1. The minimum absolute atomic E-state index is 0.179. The first kappa shape index (κ1) is 17.5. The normalized spacial score (nSPS) is 16.3. The van der Waals surface area contributed by atoms with Crippen molar-refractivity contribution in [2.75, 3.05) is 49.8 Å². The zero-order valence-corrected chi connectivity index (χ0v) is 14.5. The zero-order valence-electron chi connectivity index (χ0n) is 14.5. The third-order valence-corrected chi connectivity index (χ3v) is 4.10. The van der Waals surface area contributed by atoms with E-state index in [1.54, 1.807) is 0 Å². The van der Waals surface area contributed by atoms with Crippen LogP contribution >= 0.6 is 0 Å². The number of carbonyl (C=O) groups excluding carboxylic acids is 1. The molecule has 1 unspecified atom stereocenters. The van der Waals surface area contributed by atoms with Crippen LogP contribution in [0.2, 0.25) is 0 Å². The molecule has 2 rings (SSSR count). The molecule has 0 radical (unpaired) electrons. The molecule has 1 fully saturated rings. The Hall–Kier alpha value is -1.82. The number of morpholine rings is 1. The summed E-state index contributed by atoms with van der Waals surface area (Å²) in [4.78, 5) is 20.7. The quantitative estimate of drug-likeness (QED) is 0.747. The third kappa shape index (κ3) is 4.58. The lowest BCUT2D eigenvalue weighted by Gasteiger charge is -2.32. The summed E-state index contributed by atoms with van der Waals surface area (Å²) < 4.78 is 10.2. The first-order chi connectivity index (χ1) is 11.0. The number of hydrogen-bond donors (Lipinski definition) is 0. The molecular weight excluding hydrogens is 294 g/mol. The Labute approximate surface area is 138 Å². The van der Waals surface area contributed by atoms with E-state index in [4.69, 9.17) is 9.47 Å². The van der Waals surface area contributed by atoms with Crippen LogP contribution in [-0.2, 0) is 14.3 Å². The summed E-state index contributed by atoms with van der Waals surface area (Å²) in [5.41, 5.74) is 1.02. The summed E-state index contributed by atoms with van der Waals surface area (Å²) in [6.45, 7) is 9.97. The number of esters is 1. The Balaban J connectivity index is 2.08. The minimum atomic E-state index is -0.187. The van der Waals surface area contributed by atoms with E-state index in [0.717, 1.165) is 37.8 Å². The highest BCUT2D eigenvalue weighted by Gasteiger charge is 2.20. The predicted molar refractivity (Wildman–Crippen MR) is 90.9 cm³/mol. The Kier molecular flexibility index (Phi) is 6.21. The Morgan fingerprint density at radius 3 is 2.57 bits per heavy atom. The SMILES string of the molecule is COC(=O)C(C)CN(c1ccc(N2CCOCC2)nc1)C(C)C. The molecule has 0 spiro atoms. The van der Waals surface area contributed by atoms with Crippen LogP contribution in [0.3, 0.4) is 0 Å². The molecule has 1 aliphatic heterocycles. The van der Waals surface area contributed by atoms with Crippen LogP contribution in [0.1, 0.15) is 20.8 Å². The molecule has 0 aliphatic carbocycles. The van der Waals surface area contributed by atoms with Crippen LogP contribution in [0.15, 0.2) is 18.3 Å². The summed E-state index contributed by atoms with van der Waals surface area (Å²) in [5, 5.41) is 0. The van der Waals surface area contributed by atoms with E-state index in [0.29, 0.717) is 6.54 Å². The lowest BCUT2D eigenvalue weighted by atomic mass is 10.1. The fourth-order valence-corrected chi connectivity index (χ4v) is 2.71. The van der Waals surface area contributed by atoms with Gasteiger partial charge < -0.3 is 19.3 Å². The van der Waals surface area contributed by atoms with E-state index in [9.17, 15) is 4.79 Å². The number of aromatic nitrogens is 1. The maximum absolute atomic E-state index is 11.7. The summed E-state index contributed by atoms with van der Waals surface area (Å²) >= 11 is 0. The van der Waals surface area contributed by atoms with Gasteiger partial charge in [0.15, 0.2) is 0 Å². The van der Waals surface area contributed by atoms with Crippen LogP contribution < -0.4 is 9.80 Å². The molecule has 128 valence electrons. The van der Waals surface area contributed by atoms with Crippen LogP contribution in [-0.4, -0.2) is 57.0 Å². The van der Waals surface area contributed by atoms with E-state index in [2.05, 4.69) is 34.7 Å². The van der Waals surface area contributed by atoms with Crippen LogP contribution in [0.5, 0.6) is 0 Å². The highest BCUT2D eigenvalue weighted by molar-refractivity contribution is 5.72. The standard InChI is InChI=1S/C17H27N3O3/c1-13(2)20(12-14(3)17(21)22-4)15-5-6-16(18-11-15)19-7-9-23-10-8-19/h5-6,11,13-14H,7-10,12H2,1-4H3. The second kappa shape index (κ2) is 8.15. The molecule has 1 aromatic heterocycles. The van der Waals surface area contributed by atoms with Crippen LogP contribution in [0.4, 0.5) is 11.5 Å². The fraction of sp³-hybridized carbons (Fsp3) is 0.647. The fourth-order valence-electron chi connectivity index (χ4n) is 2.71. The first-order valence-corrected chi connectivity index (χ1v) is 8.16. The monoisotopic (exact) mass is 321 g/mol. The third-order valence-electron chi connectivity index (χ3n) is 4.10. The second-order valence-corrected chi connectivity index (χ2v) is 6.14. The first-order valence-electron chi connectivity index (χ1n) is 8.16. The minimum Gasteiger partial charge on any atom is -0.469 e. The summed E-state index contributed by atoms with van der Waals surface area (Å²) in [6.07, 6.45) is 1.88. The topological polar surface area (TPSA) is 54.9 Å². The molecule has 1 saturated heterocycles. The van der Waals surface area contributed by atoms with Gasteiger partial charge in [-0.05, 0) is 26.0 Å². The number of methoxy groups -OCH3 is 1. The molecule has 6 nitrogen and oxygen atoms in total. The van der Waals surface area contributed by atoms with Gasteiger partial charge in [-0.1, -0.05) is 6.92 Å². The Bertz CT molecular complexity index is 498. The van der Waals surface area contributed by atoms with Crippen molar-refractivity contribution in [1.82, 2.24) is 4.98 Å². The number of rotatable bonds is 6. The number of nitrogens with zero attached hydrogens (tertiary/aromatic N) is 3. The predicted octanol–water partition coefficient (Wildman–Crippen LogP) is 1.94. The Morgan fingerprint density at radius 1 is 1.35 bits per heavy atom. The van der Waals surface area contributed by atoms with Crippen molar-refractivity contribution in [2.24, 2.45) is 5.92 Å². The average Bonchev–Trinajstić information content (AvgIpc) is 2.59.